The minimum absolute atomic E-state index is 0.0147. The van der Waals surface area contributed by atoms with Crippen molar-refractivity contribution in [3.8, 4) is 5.75 Å². The first-order valence-electron chi connectivity index (χ1n) is 9.84. The third kappa shape index (κ3) is 6.59. The fraction of sp³-hybridized carbons (Fsp3) is 0.391. The molecule has 29 heavy (non-hydrogen) atoms. The second-order valence-corrected chi connectivity index (χ2v) is 7.21. The van der Waals surface area contributed by atoms with Gasteiger partial charge in [0.15, 0.2) is 6.61 Å². The van der Waals surface area contributed by atoms with Gasteiger partial charge < -0.3 is 15.0 Å². The van der Waals surface area contributed by atoms with Crippen LogP contribution in [0.3, 0.4) is 0 Å². The number of aryl methyl sites for hydroxylation is 1. The van der Waals surface area contributed by atoms with E-state index in [1.807, 2.05) is 32.9 Å². The molecule has 2 aromatic rings. The number of hydrogen-bond acceptors (Lipinski definition) is 3. The van der Waals surface area contributed by atoms with Crippen LogP contribution in [-0.2, 0) is 16.1 Å². The van der Waals surface area contributed by atoms with Gasteiger partial charge in [0.05, 0.1) is 0 Å². The molecule has 0 bridgehead atoms. The van der Waals surface area contributed by atoms with E-state index in [1.54, 1.807) is 37.3 Å². The fourth-order valence-electron chi connectivity index (χ4n) is 2.72. The number of ether oxygens (including phenoxy) is 1. The van der Waals surface area contributed by atoms with E-state index < -0.39 is 11.9 Å². The average molecular weight is 400 g/mol. The van der Waals surface area contributed by atoms with E-state index in [0.717, 1.165) is 12.0 Å². The smallest absolute Gasteiger partial charge is 0.261 e. The quantitative estimate of drug-likeness (QED) is 0.696. The highest BCUT2D eigenvalue weighted by atomic mass is 19.1. The molecule has 5 nitrogen and oxygen atoms in total. The Morgan fingerprint density at radius 3 is 2.38 bits per heavy atom. The second kappa shape index (κ2) is 10.6. The minimum Gasteiger partial charge on any atom is -0.484 e. The Labute approximate surface area is 171 Å². The van der Waals surface area contributed by atoms with Crippen LogP contribution in [0.25, 0.3) is 0 Å². The van der Waals surface area contributed by atoms with Crippen LogP contribution in [0.15, 0.2) is 48.5 Å². The molecule has 0 spiro atoms. The van der Waals surface area contributed by atoms with Gasteiger partial charge >= 0.3 is 0 Å². The summed E-state index contributed by atoms with van der Waals surface area (Å²) in [5.41, 5.74) is 1.43. The number of rotatable bonds is 9. The molecule has 2 atom stereocenters. The van der Waals surface area contributed by atoms with Gasteiger partial charge in [-0.15, -0.1) is 0 Å². The number of carbonyl (C=O) groups excluding carboxylic acids is 2. The van der Waals surface area contributed by atoms with Crippen molar-refractivity contribution in [3.63, 3.8) is 0 Å². The summed E-state index contributed by atoms with van der Waals surface area (Å²) >= 11 is 0. The summed E-state index contributed by atoms with van der Waals surface area (Å²) in [7, 11) is 0. The van der Waals surface area contributed by atoms with Gasteiger partial charge in [0.25, 0.3) is 5.91 Å². The summed E-state index contributed by atoms with van der Waals surface area (Å²) in [4.78, 5) is 26.9. The Morgan fingerprint density at radius 2 is 1.76 bits per heavy atom. The monoisotopic (exact) mass is 400 g/mol. The maximum atomic E-state index is 14.2. The molecule has 1 N–H and O–H groups in total. The van der Waals surface area contributed by atoms with Crippen LogP contribution < -0.4 is 10.1 Å². The predicted octanol–water partition coefficient (Wildman–Crippen LogP) is 3.84. The Balaban J connectivity index is 2.15. The van der Waals surface area contributed by atoms with E-state index >= 15 is 0 Å². The molecule has 0 saturated carbocycles. The molecule has 156 valence electrons. The number of benzene rings is 2. The number of amides is 2. The van der Waals surface area contributed by atoms with E-state index in [0.29, 0.717) is 11.3 Å². The third-order valence-corrected chi connectivity index (χ3v) is 4.85. The van der Waals surface area contributed by atoms with Crippen LogP contribution in [0.2, 0.25) is 0 Å². The molecule has 0 aliphatic heterocycles. The fourth-order valence-corrected chi connectivity index (χ4v) is 2.72. The first kappa shape index (κ1) is 22.4. The maximum absolute atomic E-state index is 14.2. The van der Waals surface area contributed by atoms with E-state index in [2.05, 4.69) is 5.32 Å². The van der Waals surface area contributed by atoms with E-state index in [-0.39, 0.29) is 31.0 Å². The Bertz CT molecular complexity index is 823. The molecular weight excluding hydrogens is 371 g/mol. The van der Waals surface area contributed by atoms with E-state index in [1.165, 1.54) is 11.0 Å². The molecular formula is C23H29FN2O3. The summed E-state index contributed by atoms with van der Waals surface area (Å²) < 4.78 is 19.7. The van der Waals surface area contributed by atoms with Crippen molar-refractivity contribution in [1.82, 2.24) is 10.2 Å². The van der Waals surface area contributed by atoms with Crippen molar-refractivity contribution in [2.45, 2.75) is 52.7 Å². The highest BCUT2D eigenvalue weighted by Crippen LogP contribution is 2.15. The van der Waals surface area contributed by atoms with Gasteiger partial charge in [0.2, 0.25) is 5.91 Å². The highest BCUT2D eigenvalue weighted by Gasteiger charge is 2.27. The van der Waals surface area contributed by atoms with Crippen LogP contribution in [0.4, 0.5) is 4.39 Å². The molecule has 2 amide bonds. The van der Waals surface area contributed by atoms with Crippen molar-refractivity contribution in [2.75, 3.05) is 6.61 Å². The van der Waals surface area contributed by atoms with Crippen molar-refractivity contribution in [1.29, 1.82) is 0 Å². The zero-order valence-corrected chi connectivity index (χ0v) is 17.4. The van der Waals surface area contributed by atoms with Gasteiger partial charge in [-0.1, -0.05) is 42.8 Å². The lowest BCUT2D eigenvalue weighted by molar-refractivity contribution is -0.142. The summed E-state index contributed by atoms with van der Waals surface area (Å²) in [5.74, 6) is -0.522. The standard InChI is InChI=1S/C23H29FN2O3/c1-5-17(3)25-23(28)18(4)26(14-19-8-6-7-9-21(19)24)22(27)15-29-20-12-10-16(2)11-13-20/h6-13,17-18H,5,14-15H2,1-4H3,(H,25,28)/t17-,18+/m1/s1. The van der Waals surface area contributed by atoms with Gasteiger partial charge in [-0.25, -0.2) is 4.39 Å². The summed E-state index contributed by atoms with van der Waals surface area (Å²) in [6, 6.07) is 12.8. The van der Waals surface area contributed by atoms with Crippen LogP contribution in [-0.4, -0.2) is 35.4 Å². The molecule has 0 aromatic heterocycles. The number of carbonyl (C=O) groups is 2. The van der Waals surface area contributed by atoms with E-state index in [4.69, 9.17) is 4.74 Å². The van der Waals surface area contributed by atoms with E-state index in [9.17, 15) is 14.0 Å². The molecule has 6 heteroatoms. The lowest BCUT2D eigenvalue weighted by Gasteiger charge is -2.29. The number of halogens is 1. The van der Waals surface area contributed by atoms with Gasteiger partial charge in [0, 0.05) is 18.2 Å². The molecule has 0 unspecified atom stereocenters. The largest absolute Gasteiger partial charge is 0.484 e. The molecule has 0 radical (unpaired) electrons. The van der Waals surface area contributed by atoms with Gasteiger partial charge in [0.1, 0.15) is 17.6 Å². The molecule has 0 saturated heterocycles. The Hall–Kier alpha value is -2.89. The van der Waals surface area contributed by atoms with Crippen LogP contribution >= 0.6 is 0 Å². The Kier molecular flexibility index (Phi) is 8.19. The highest BCUT2D eigenvalue weighted by molar-refractivity contribution is 5.88. The SMILES string of the molecule is CC[C@@H](C)NC(=O)[C@H](C)N(Cc1ccccc1F)C(=O)COc1ccc(C)cc1. The Morgan fingerprint density at radius 1 is 1.10 bits per heavy atom. The number of nitrogens with one attached hydrogen (secondary N) is 1. The lowest BCUT2D eigenvalue weighted by Crippen LogP contribution is -2.50. The van der Waals surface area contributed by atoms with Crippen molar-refractivity contribution in [2.24, 2.45) is 0 Å². The first-order chi connectivity index (χ1) is 13.8. The number of hydrogen-bond donors (Lipinski definition) is 1. The summed E-state index contributed by atoms with van der Waals surface area (Å²) in [5, 5.41) is 2.88. The predicted molar refractivity (Wildman–Crippen MR) is 111 cm³/mol. The molecule has 0 aliphatic rings. The van der Waals surface area contributed by atoms with Crippen molar-refractivity contribution in [3.05, 3.63) is 65.5 Å². The van der Waals surface area contributed by atoms with Crippen LogP contribution in [0.1, 0.15) is 38.3 Å². The topological polar surface area (TPSA) is 58.6 Å². The zero-order chi connectivity index (χ0) is 21.4. The van der Waals surface area contributed by atoms with Crippen LogP contribution in [0, 0.1) is 12.7 Å². The van der Waals surface area contributed by atoms with Crippen molar-refractivity contribution >= 4 is 11.8 Å². The second-order valence-electron chi connectivity index (χ2n) is 7.21. The molecule has 0 fully saturated rings. The van der Waals surface area contributed by atoms with Gasteiger partial charge in [-0.3, -0.25) is 9.59 Å². The first-order valence-corrected chi connectivity index (χ1v) is 9.84. The molecule has 0 aliphatic carbocycles. The third-order valence-electron chi connectivity index (χ3n) is 4.85. The molecule has 2 aromatic carbocycles. The number of nitrogens with zero attached hydrogens (tertiary/aromatic N) is 1. The van der Waals surface area contributed by atoms with Gasteiger partial charge in [-0.05, 0) is 45.4 Å². The molecule has 0 heterocycles. The summed E-state index contributed by atoms with van der Waals surface area (Å²) in [6.45, 7) is 7.21. The summed E-state index contributed by atoms with van der Waals surface area (Å²) in [6.07, 6.45) is 0.774. The minimum atomic E-state index is -0.766. The van der Waals surface area contributed by atoms with Gasteiger partial charge in [-0.2, -0.15) is 0 Å². The maximum Gasteiger partial charge on any atom is 0.261 e. The average Bonchev–Trinajstić information content (AvgIpc) is 2.71. The van der Waals surface area contributed by atoms with Crippen molar-refractivity contribution < 1.29 is 18.7 Å². The lowest BCUT2D eigenvalue weighted by atomic mass is 10.1. The normalized spacial score (nSPS) is 12.7. The molecule has 2 rings (SSSR count). The van der Waals surface area contributed by atoms with Crippen LogP contribution in [0.5, 0.6) is 5.75 Å². The zero-order valence-electron chi connectivity index (χ0n) is 17.4.